The molecule has 0 saturated carbocycles. The van der Waals surface area contributed by atoms with Crippen molar-refractivity contribution in [1.29, 1.82) is 0 Å². The zero-order valence-corrected chi connectivity index (χ0v) is 19.8. The van der Waals surface area contributed by atoms with Gasteiger partial charge in [0.25, 0.3) is 11.7 Å². The van der Waals surface area contributed by atoms with Gasteiger partial charge in [-0.1, -0.05) is 72.3 Å². The van der Waals surface area contributed by atoms with E-state index in [-0.39, 0.29) is 11.3 Å². The summed E-state index contributed by atoms with van der Waals surface area (Å²) >= 11 is 0. The Hall–Kier alpha value is -4.38. The summed E-state index contributed by atoms with van der Waals surface area (Å²) in [7, 11) is 1.57. The number of benzene rings is 4. The zero-order valence-electron chi connectivity index (χ0n) is 19.8. The third-order valence-electron chi connectivity index (χ3n) is 6.51. The van der Waals surface area contributed by atoms with Crippen LogP contribution in [0.25, 0.3) is 16.5 Å². The molecule has 1 N–H and O–H groups in total. The lowest BCUT2D eigenvalue weighted by Crippen LogP contribution is -2.30. The van der Waals surface area contributed by atoms with Crippen molar-refractivity contribution in [3.8, 4) is 5.75 Å². The SMILES string of the molecule is COc1cccc(C2/C(=C(/O)c3cccc4ccccc34)C(=O)C(=O)N2c2ccc(C)cc2C)c1. The van der Waals surface area contributed by atoms with Gasteiger partial charge in [0.15, 0.2) is 0 Å². The summed E-state index contributed by atoms with van der Waals surface area (Å²) in [4.78, 5) is 28.5. The van der Waals surface area contributed by atoms with Crippen molar-refractivity contribution in [2.75, 3.05) is 12.0 Å². The van der Waals surface area contributed by atoms with Gasteiger partial charge < -0.3 is 9.84 Å². The number of hydrogen-bond acceptors (Lipinski definition) is 4. The first kappa shape index (κ1) is 22.4. The highest BCUT2D eigenvalue weighted by molar-refractivity contribution is 6.52. The number of fused-ring (bicyclic) bond motifs is 1. The Morgan fingerprint density at radius 1 is 0.886 bits per heavy atom. The van der Waals surface area contributed by atoms with Crippen LogP contribution in [0.2, 0.25) is 0 Å². The number of amides is 1. The molecule has 1 saturated heterocycles. The number of aliphatic hydroxyl groups excluding tert-OH is 1. The van der Waals surface area contributed by atoms with Crippen LogP contribution in [0, 0.1) is 13.8 Å². The number of ketones is 1. The summed E-state index contributed by atoms with van der Waals surface area (Å²) in [6, 6.07) is 25.4. The number of Topliss-reactive ketones (excluding diaryl/α,β-unsaturated/α-hetero) is 1. The van der Waals surface area contributed by atoms with Gasteiger partial charge in [-0.05, 0) is 53.9 Å². The predicted octanol–water partition coefficient (Wildman–Crippen LogP) is 6.09. The second kappa shape index (κ2) is 8.76. The van der Waals surface area contributed by atoms with Crippen LogP contribution in [0.1, 0.15) is 28.3 Å². The molecule has 5 nitrogen and oxygen atoms in total. The molecule has 5 rings (SSSR count). The first-order valence-corrected chi connectivity index (χ1v) is 11.4. The van der Waals surface area contributed by atoms with Crippen LogP contribution in [0.3, 0.4) is 0 Å². The zero-order chi connectivity index (χ0) is 24.7. The van der Waals surface area contributed by atoms with E-state index in [2.05, 4.69) is 0 Å². The van der Waals surface area contributed by atoms with Crippen LogP contribution in [0.15, 0.2) is 90.5 Å². The minimum Gasteiger partial charge on any atom is -0.507 e. The molecule has 5 heteroatoms. The maximum atomic E-state index is 13.5. The quantitative estimate of drug-likeness (QED) is 0.226. The molecule has 4 aromatic carbocycles. The van der Waals surface area contributed by atoms with Gasteiger partial charge in [-0.15, -0.1) is 0 Å². The van der Waals surface area contributed by atoms with Gasteiger partial charge in [0.1, 0.15) is 11.5 Å². The van der Waals surface area contributed by atoms with E-state index in [9.17, 15) is 14.7 Å². The van der Waals surface area contributed by atoms with Crippen molar-refractivity contribution in [3.63, 3.8) is 0 Å². The van der Waals surface area contributed by atoms with Crippen LogP contribution >= 0.6 is 0 Å². The second-order valence-electron chi connectivity index (χ2n) is 8.76. The van der Waals surface area contributed by atoms with Crippen molar-refractivity contribution < 1.29 is 19.4 Å². The fourth-order valence-electron chi connectivity index (χ4n) is 4.86. The fraction of sp³-hybridized carbons (Fsp3) is 0.133. The van der Waals surface area contributed by atoms with E-state index in [4.69, 9.17) is 4.74 Å². The Morgan fingerprint density at radius 2 is 1.63 bits per heavy atom. The van der Waals surface area contributed by atoms with Gasteiger partial charge in [0, 0.05) is 11.3 Å². The smallest absolute Gasteiger partial charge is 0.300 e. The van der Waals surface area contributed by atoms with E-state index in [1.807, 2.05) is 80.6 Å². The van der Waals surface area contributed by atoms with Crippen LogP contribution in [0.4, 0.5) is 5.69 Å². The van der Waals surface area contributed by atoms with Crippen molar-refractivity contribution in [2.24, 2.45) is 0 Å². The summed E-state index contributed by atoms with van der Waals surface area (Å²) in [6.07, 6.45) is 0. The van der Waals surface area contributed by atoms with Crippen LogP contribution < -0.4 is 9.64 Å². The van der Waals surface area contributed by atoms with Crippen molar-refractivity contribution in [1.82, 2.24) is 0 Å². The van der Waals surface area contributed by atoms with E-state index in [1.54, 1.807) is 25.3 Å². The van der Waals surface area contributed by atoms with E-state index in [0.717, 1.165) is 21.9 Å². The van der Waals surface area contributed by atoms with Gasteiger partial charge in [0.05, 0.1) is 18.7 Å². The highest BCUT2D eigenvalue weighted by Crippen LogP contribution is 2.44. The van der Waals surface area contributed by atoms with E-state index < -0.39 is 17.7 Å². The van der Waals surface area contributed by atoms with E-state index in [0.29, 0.717) is 22.6 Å². The topological polar surface area (TPSA) is 66.8 Å². The normalized spacial score (nSPS) is 17.2. The summed E-state index contributed by atoms with van der Waals surface area (Å²) in [5, 5.41) is 13.3. The molecule has 1 unspecified atom stereocenters. The van der Waals surface area contributed by atoms with Crippen LogP contribution in [0.5, 0.6) is 5.75 Å². The molecule has 1 fully saturated rings. The number of hydrogen-bond donors (Lipinski definition) is 1. The number of methoxy groups -OCH3 is 1. The van der Waals surface area contributed by atoms with Crippen LogP contribution in [-0.2, 0) is 9.59 Å². The molecule has 1 heterocycles. The molecule has 1 atom stereocenters. The monoisotopic (exact) mass is 463 g/mol. The molecule has 1 aliphatic heterocycles. The molecule has 1 amide bonds. The number of ether oxygens (including phenoxy) is 1. The Balaban J connectivity index is 1.80. The second-order valence-corrected chi connectivity index (χ2v) is 8.76. The number of nitrogens with zero attached hydrogens (tertiary/aromatic N) is 1. The summed E-state index contributed by atoms with van der Waals surface area (Å²) in [5.41, 5.74) is 3.78. The maximum Gasteiger partial charge on any atom is 0.300 e. The van der Waals surface area contributed by atoms with Gasteiger partial charge in [0.2, 0.25) is 0 Å². The molecule has 0 bridgehead atoms. The molecule has 0 spiro atoms. The number of carbonyl (C=O) groups is 2. The lowest BCUT2D eigenvalue weighted by molar-refractivity contribution is -0.132. The number of aliphatic hydroxyl groups is 1. The largest absolute Gasteiger partial charge is 0.507 e. The lowest BCUT2D eigenvalue weighted by atomic mass is 9.93. The highest BCUT2D eigenvalue weighted by Gasteiger charge is 2.47. The third-order valence-corrected chi connectivity index (χ3v) is 6.51. The van der Waals surface area contributed by atoms with Crippen molar-refractivity contribution in [2.45, 2.75) is 19.9 Å². The number of aryl methyl sites for hydroxylation is 2. The molecular formula is C30H25NO4. The average Bonchev–Trinajstić information content (AvgIpc) is 3.13. The van der Waals surface area contributed by atoms with Gasteiger partial charge in [-0.25, -0.2) is 0 Å². The molecule has 4 aromatic rings. The summed E-state index contributed by atoms with van der Waals surface area (Å²) < 4.78 is 5.42. The summed E-state index contributed by atoms with van der Waals surface area (Å²) in [6.45, 7) is 3.89. The lowest BCUT2D eigenvalue weighted by Gasteiger charge is -2.27. The summed E-state index contributed by atoms with van der Waals surface area (Å²) in [5.74, 6) is -0.992. The first-order chi connectivity index (χ1) is 16.9. The van der Waals surface area contributed by atoms with E-state index >= 15 is 0 Å². The molecule has 0 radical (unpaired) electrons. The van der Waals surface area contributed by atoms with Gasteiger partial charge >= 0.3 is 0 Å². The Kier molecular flexibility index (Phi) is 5.61. The molecular weight excluding hydrogens is 438 g/mol. The number of rotatable bonds is 4. The minimum absolute atomic E-state index is 0.0552. The standard InChI is InChI=1S/C30H25NO4/c1-18-14-15-25(19(2)16-18)31-27(21-10-6-11-22(17-21)35-3)26(29(33)30(31)34)28(32)24-13-7-9-20-8-4-5-12-23(20)24/h4-17,27,32H,1-3H3/b28-26-. The Morgan fingerprint density at radius 3 is 2.40 bits per heavy atom. The molecule has 174 valence electrons. The Labute approximate surface area is 203 Å². The Bertz CT molecular complexity index is 1510. The predicted molar refractivity (Wildman–Crippen MR) is 138 cm³/mol. The van der Waals surface area contributed by atoms with Gasteiger partial charge in [-0.3, -0.25) is 14.5 Å². The molecule has 35 heavy (non-hydrogen) atoms. The third kappa shape index (κ3) is 3.75. The minimum atomic E-state index is -0.814. The molecule has 0 aliphatic carbocycles. The number of carbonyl (C=O) groups excluding carboxylic acids is 2. The molecule has 1 aliphatic rings. The highest BCUT2D eigenvalue weighted by atomic mass is 16.5. The molecule has 0 aromatic heterocycles. The average molecular weight is 464 g/mol. The van der Waals surface area contributed by atoms with Crippen molar-refractivity contribution >= 4 is 33.9 Å². The van der Waals surface area contributed by atoms with Crippen molar-refractivity contribution in [3.05, 3.63) is 113 Å². The van der Waals surface area contributed by atoms with Crippen LogP contribution in [-0.4, -0.2) is 23.9 Å². The first-order valence-electron chi connectivity index (χ1n) is 11.4. The maximum absolute atomic E-state index is 13.5. The van der Waals surface area contributed by atoms with E-state index in [1.165, 1.54) is 4.90 Å². The van der Waals surface area contributed by atoms with Gasteiger partial charge in [-0.2, -0.15) is 0 Å². The number of anilines is 1. The fourth-order valence-corrected chi connectivity index (χ4v) is 4.86.